The van der Waals surface area contributed by atoms with Crippen LogP contribution in [0.15, 0.2) is 41.2 Å². The summed E-state index contributed by atoms with van der Waals surface area (Å²) in [6, 6.07) is 12.4. The molecule has 1 N–H and O–H groups in total. The number of aryl methyl sites for hydroxylation is 3. The van der Waals surface area contributed by atoms with Crippen LogP contribution >= 0.6 is 0 Å². The van der Waals surface area contributed by atoms with Crippen LogP contribution in [-0.4, -0.2) is 56.3 Å². The highest BCUT2D eigenvalue weighted by Crippen LogP contribution is 2.33. The van der Waals surface area contributed by atoms with Crippen molar-refractivity contribution in [3.05, 3.63) is 80.4 Å². The molecule has 0 aliphatic carbocycles. The third kappa shape index (κ3) is 4.62. The Morgan fingerprint density at radius 2 is 1.74 bits per heavy atom. The van der Waals surface area contributed by atoms with Crippen molar-refractivity contribution in [2.75, 3.05) is 31.1 Å². The van der Waals surface area contributed by atoms with Gasteiger partial charge in [-0.3, -0.25) is 9.69 Å². The molecule has 0 saturated carbocycles. The third-order valence-corrected chi connectivity index (χ3v) is 8.41. The van der Waals surface area contributed by atoms with Gasteiger partial charge in [-0.15, -0.1) is 5.10 Å². The largest absolute Gasteiger partial charge is 0.369 e. The monoisotopic (exact) mass is 513 g/mol. The number of anilines is 1. The Morgan fingerprint density at radius 3 is 2.45 bits per heavy atom. The number of rotatable bonds is 6. The van der Waals surface area contributed by atoms with Crippen molar-refractivity contribution in [1.29, 1.82) is 0 Å². The van der Waals surface area contributed by atoms with E-state index in [2.05, 4.69) is 109 Å². The van der Waals surface area contributed by atoms with Crippen LogP contribution in [0.25, 0.3) is 10.9 Å². The summed E-state index contributed by atoms with van der Waals surface area (Å²) in [5, 5.41) is 14.1. The van der Waals surface area contributed by atoms with Gasteiger partial charge in [-0.2, -0.15) is 0 Å². The minimum atomic E-state index is -0.356. The number of aromatic nitrogens is 5. The number of aromatic amines is 1. The molecule has 200 valence electrons. The lowest BCUT2D eigenvalue weighted by molar-refractivity contribution is 0.186. The normalized spacial score (nSPS) is 15.8. The van der Waals surface area contributed by atoms with Crippen LogP contribution in [0.1, 0.15) is 66.9 Å². The first-order valence-electron chi connectivity index (χ1n) is 13.6. The quantitative estimate of drug-likeness (QED) is 0.399. The minimum absolute atomic E-state index is 0.0895. The first-order valence-corrected chi connectivity index (χ1v) is 13.6. The second kappa shape index (κ2) is 9.98. The molecule has 8 heteroatoms. The lowest BCUT2D eigenvalue weighted by Gasteiger charge is -2.41. The number of nitrogens with one attached hydrogen (secondary N) is 1. The number of fused-ring (bicyclic) bond motifs is 1. The third-order valence-electron chi connectivity index (χ3n) is 8.41. The van der Waals surface area contributed by atoms with E-state index in [0.717, 1.165) is 54.6 Å². The average Bonchev–Trinajstić information content (AvgIpc) is 3.37. The van der Waals surface area contributed by atoms with Gasteiger partial charge in [0.05, 0.1) is 5.54 Å². The lowest BCUT2D eigenvalue weighted by Crippen LogP contribution is -2.49. The summed E-state index contributed by atoms with van der Waals surface area (Å²) >= 11 is 0. The molecule has 0 amide bonds. The predicted molar refractivity (Wildman–Crippen MR) is 153 cm³/mol. The first kappa shape index (κ1) is 26.1. The summed E-state index contributed by atoms with van der Waals surface area (Å²) in [6.07, 6.45) is 0.866. The molecule has 1 fully saturated rings. The van der Waals surface area contributed by atoms with Crippen molar-refractivity contribution in [3.8, 4) is 0 Å². The van der Waals surface area contributed by atoms with Gasteiger partial charge in [0.2, 0.25) is 0 Å². The van der Waals surface area contributed by atoms with Crippen molar-refractivity contribution >= 4 is 16.6 Å². The summed E-state index contributed by atoms with van der Waals surface area (Å²) in [6.45, 7) is 18.2. The SMILES string of the molecule is CCC(C)(C)n1nnnc1C(c1cc2c(C)cc(C)cc2[nH]c1=O)N1CCN(c2cccc(C)c2C)CC1. The van der Waals surface area contributed by atoms with Crippen molar-refractivity contribution in [3.63, 3.8) is 0 Å². The minimum Gasteiger partial charge on any atom is -0.369 e. The zero-order valence-corrected chi connectivity index (χ0v) is 23.7. The van der Waals surface area contributed by atoms with Crippen molar-refractivity contribution < 1.29 is 0 Å². The molecule has 1 aliphatic rings. The molecule has 1 unspecified atom stereocenters. The van der Waals surface area contributed by atoms with Crippen LogP contribution < -0.4 is 10.5 Å². The maximum Gasteiger partial charge on any atom is 0.253 e. The van der Waals surface area contributed by atoms with Crippen LogP contribution in [0.5, 0.6) is 0 Å². The fourth-order valence-corrected chi connectivity index (χ4v) is 5.64. The maximum atomic E-state index is 13.7. The van der Waals surface area contributed by atoms with Crippen LogP contribution in [0.2, 0.25) is 0 Å². The highest BCUT2D eigenvalue weighted by Gasteiger charge is 2.36. The lowest BCUT2D eigenvalue weighted by atomic mass is 9.97. The van der Waals surface area contributed by atoms with Gasteiger partial charge in [0.25, 0.3) is 5.56 Å². The molecule has 5 rings (SSSR count). The summed E-state index contributed by atoms with van der Waals surface area (Å²) in [5.41, 5.74) is 7.36. The van der Waals surface area contributed by atoms with Crippen LogP contribution in [0.4, 0.5) is 5.69 Å². The summed E-state index contributed by atoms with van der Waals surface area (Å²) in [4.78, 5) is 21.7. The number of piperazine rings is 1. The van der Waals surface area contributed by atoms with Crippen molar-refractivity contribution in [2.45, 2.75) is 66.5 Å². The van der Waals surface area contributed by atoms with Gasteiger partial charge >= 0.3 is 0 Å². The molecule has 0 bridgehead atoms. The van der Waals surface area contributed by atoms with Gasteiger partial charge in [0.1, 0.15) is 6.04 Å². The van der Waals surface area contributed by atoms with Gasteiger partial charge in [0.15, 0.2) is 5.82 Å². The van der Waals surface area contributed by atoms with E-state index in [-0.39, 0.29) is 17.1 Å². The van der Waals surface area contributed by atoms with E-state index in [1.807, 2.05) is 10.7 Å². The Balaban J connectivity index is 1.59. The second-order valence-electron chi connectivity index (χ2n) is 11.4. The molecular weight excluding hydrogens is 474 g/mol. The number of nitrogens with zero attached hydrogens (tertiary/aromatic N) is 6. The van der Waals surface area contributed by atoms with Crippen LogP contribution in [0.3, 0.4) is 0 Å². The van der Waals surface area contributed by atoms with E-state index in [9.17, 15) is 4.79 Å². The molecule has 0 spiro atoms. The standard InChI is InChI=1S/C30H39N7O/c1-8-30(6,7)37-28(32-33-34-37)27(24-18-23-21(4)16-19(2)17-25(23)31-29(24)38)36-14-12-35(13-15-36)26-11-9-10-20(3)22(26)5/h9-11,16-18,27H,8,12-15H2,1-7H3,(H,31,38). The van der Waals surface area contributed by atoms with Crippen molar-refractivity contribution in [1.82, 2.24) is 30.1 Å². The topological polar surface area (TPSA) is 82.9 Å². The Hall–Kier alpha value is -3.52. The second-order valence-corrected chi connectivity index (χ2v) is 11.4. The van der Waals surface area contributed by atoms with Crippen LogP contribution in [-0.2, 0) is 5.54 Å². The number of H-pyrrole nitrogens is 1. The van der Waals surface area contributed by atoms with Crippen LogP contribution in [0, 0.1) is 27.7 Å². The Morgan fingerprint density at radius 1 is 1.00 bits per heavy atom. The molecule has 3 heterocycles. The van der Waals surface area contributed by atoms with E-state index in [4.69, 9.17) is 0 Å². The molecule has 0 radical (unpaired) electrons. The molecule has 1 atom stereocenters. The molecular formula is C30H39N7O. The number of benzene rings is 2. The Labute approximate surface area is 224 Å². The molecule has 4 aromatic rings. The molecule has 2 aromatic heterocycles. The van der Waals surface area contributed by atoms with Gasteiger partial charge in [-0.25, -0.2) is 4.68 Å². The summed E-state index contributed by atoms with van der Waals surface area (Å²) in [7, 11) is 0. The summed E-state index contributed by atoms with van der Waals surface area (Å²) in [5.74, 6) is 0.714. The molecule has 1 saturated heterocycles. The fourth-order valence-electron chi connectivity index (χ4n) is 5.64. The zero-order chi connectivity index (χ0) is 27.2. The predicted octanol–water partition coefficient (Wildman–Crippen LogP) is 4.80. The highest BCUT2D eigenvalue weighted by atomic mass is 16.1. The van der Waals surface area contributed by atoms with E-state index in [1.54, 1.807) is 0 Å². The first-order chi connectivity index (χ1) is 18.1. The fraction of sp³-hybridized carbons (Fsp3) is 0.467. The average molecular weight is 514 g/mol. The zero-order valence-electron chi connectivity index (χ0n) is 23.7. The number of tetrazole rings is 1. The number of hydrogen-bond donors (Lipinski definition) is 1. The van der Waals surface area contributed by atoms with Gasteiger partial charge in [-0.1, -0.05) is 25.1 Å². The van der Waals surface area contributed by atoms with Gasteiger partial charge in [0, 0.05) is 48.3 Å². The van der Waals surface area contributed by atoms with E-state index in [1.165, 1.54) is 16.8 Å². The van der Waals surface area contributed by atoms with Gasteiger partial charge < -0.3 is 9.88 Å². The van der Waals surface area contributed by atoms with E-state index in [0.29, 0.717) is 11.4 Å². The molecule has 2 aromatic carbocycles. The summed E-state index contributed by atoms with van der Waals surface area (Å²) < 4.78 is 1.92. The Kier molecular flexibility index (Phi) is 6.86. The Bertz CT molecular complexity index is 1530. The van der Waals surface area contributed by atoms with E-state index < -0.39 is 0 Å². The molecule has 1 aliphatic heterocycles. The maximum absolute atomic E-state index is 13.7. The number of hydrogen-bond acceptors (Lipinski definition) is 6. The molecule has 38 heavy (non-hydrogen) atoms. The molecule has 8 nitrogen and oxygen atoms in total. The smallest absolute Gasteiger partial charge is 0.253 e. The highest BCUT2D eigenvalue weighted by molar-refractivity contribution is 5.83. The van der Waals surface area contributed by atoms with Crippen molar-refractivity contribution in [2.24, 2.45) is 0 Å². The van der Waals surface area contributed by atoms with E-state index >= 15 is 0 Å². The van der Waals surface area contributed by atoms with Gasteiger partial charge in [-0.05, 0) is 98.8 Å². The number of pyridine rings is 1.